The minimum atomic E-state index is -0.0931. The maximum Gasteiger partial charge on any atom is 0.165 e. The Bertz CT molecular complexity index is 650. The van der Waals surface area contributed by atoms with E-state index in [-0.39, 0.29) is 5.41 Å². The highest BCUT2D eigenvalue weighted by Gasteiger charge is 2.24. The van der Waals surface area contributed by atoms with E-state index in [2.05, 4.69) is 47.0 Å². The Kier molecular flexibility index (Phi) is 4.52. The number of aromatic nitrogens is 2. The molecule has 0 aliphatic heterocycles. The number of nitrogens with one attached hydrogen (secondary N) is 1. The molecule has 0 aliphatic carbocycles. The molecule has 1 aromatic heterocycles. The first kappa shape index (κ1) is 15.8. The average Bonchev–Trinajstić information content (AvgIpc) is 2.46. The first-order valence-corrected chi connectivity index (χ1v) is 7.57. The standard InChI is InChI=1S/C16H20BrN3O/c1-16(2,3)13-12(17)15(18-4)20-14(19-13)10-8-6-7-9-11(10)21-5/h6-9H,1-5H3,(H,18,19,20). The molecule has 2 aromatic rings. The normalized spacial score (nSPS) is 11.3. The van der Waals surface area contributed by atoms with Gasteiger partial charge in [0.2, 0.25) is 0 Å². The molecule has 0 unspecified atom stereocenters. The van der Waals surface area contributed by atoms with Crippen LogP contribution in [0.3, 0.4) is 0 Å². The summed E-state index contributed by atoms with van der Waals surface area (Å²) < 4.78 is 6.32. The predicted octanol–water partition coefficient (Wildman–Crippen LogP) is 4.25. The van der Waals surface area contributed by atoms with Crippen molar-refractivity contribution in [2.24, 2.45) is 0 Å². The first-order valence-electron chi connectivity index (χ1n) is 6.77. The van der Waals surface area contributed by atoms with Gasteiger partial charge in [0, 0.05) is 12.5 Å². The number of para-hydroxylation sites is 1. The van der Waals surface area contributed by atoms with Gasteiger partial charge < -0.3 is 10.1 Å². The van der Waals surface area contributed by atoms with Gasteiger partial charge in [0.1, 0.15) is 11.6 Å². The number of rotatable bonds is 3. The van der Waals surface area contributed by atoms with Crippen LogP contribution in [0, 0.1) is 0 Å². The molecule has 0 radical (unpaired) electrons. The number of hydrogen-bond acceptors (Lipinski definition) is 4. The first-order chi connectivity index (χ1) is 9.88. The summed E-state index contributed by atoms with van der Waals surface area (Å²) in [5.74, 6) is 2.20. The molecular formula is C16H20BrN3O. The zero-order valence-electron chi connectivity index (χ0n) is 13.0. The third kappa shape index (κ3) is 3.18. The lowest BCUT2D eigenvalue weighted by Crippen LogP contribution is -2.17. The van der Waals surface area contributed by atoms with Gasteiger partial charge in [0.05, 0.1) is 22.8 Å². The summed E-state index contributed by atoms with van der Waals surface area (Å²) in [4.78, 5) is 9.35. The maximum atomic E-state index is 5.42. The number of anilines is 1. The Morgan fingerprint density at radius 1 is 1.14 bits per heavy atom. The molecule has 4 nitrogen and oxygen atoms in total. The molecule has 0 saturated heterocycles. The van der Waals surface area contributed by atoms with E-state index >= 15 is 0 Å². The van der Waals surface area contributed by atoms with E-state index in [1.807, 2.05) is 31.3 Å². The zero-order valence-corrected chi connectivity index (χ0v) is 14.6. The lowest BCUT2D eigenvalue weighted by atomic mass is 9.91. The van der Waals surface area contributed by atoms with Crippen LogP contribution in [0.25, 0.3) is 11.4 Å². The van der Waals surface area contributed by atoms with Crippen LogP contribution < -0.4 is 10.1 Å². The minimum absolute atomic E-state index is 0.0931. The van der Waals surface area contributed by atoms with Gasteiger partial charge in [-0.25, -0.2) is 9.97 Å². The van der Waals surface area contributed by atoms with Crippen molar-refractivity contribution in [1.82, 2.24) is 9.97 Å². The summed E-state index contributed by atoms with van der Waals surface area (Å²) in [6, 6.07) is 7.77. The predicted molar refractivity (Wildman–Crippen MR) is 90.0 cm³/mol. The molecule has 1 aromatic carbocycles. The molecule has 0 amide bonds. The molecule has 0 aliphatic rings. The molecule has 0 saturated carbocycles. The monoisotopic (exact) mass is 349 g/mol. The number of hydrogen-bond donors (Lipinski definition) is 1. The summed E-state index contributed by atoms with van der Waals surface area (Å²) in [6.07, 6.45) is 0. The van der Waals surface area contributed by atoms with Crippen molar-refractivity contribution in [3.63, 3.8) is 0 Å². The van der Waals surface area contributed by atoms with Crippen LogP contribution in [0.5, 0.6) is 5.75 Å². The largest absolute Gasteiger partial charge is 0.496 e. The van der Waals surface area contributed by atoms with Crippen LogP contribution in [0.1, 0.15) is 26.5 Å². The third-order valence-corrected chi connectivity index (χ3v) is 3.90. The van der Waals surface area contributed by atoms with Gasteiger partial charge >= 0.3 is 0 Å². The summed E-state index contributed by atoms with van der Waals surface area (Å²) in [6.45, 7) is 6.39. The number of benzene rings is 1. The van der Waals surface area contributed by atoms with E-state index in [1.54, 1.807) is 7.11 Å². The lowest BCUT2D eigenvalue weighted by Gasteiger charge is -2.22. The Morgan fingerprint density at radius 2 is 1.81 bits per heavy atom. The molecule has 2 rings (SSSR count). The van der Waals surface area contributed by atoms with Crippen molar-refractivity contribution in [1.29, 1.82) is 0 Å². The van der Waals surface area contributed by atoms with Gasteiger partial charge in [-0.1, -0.05) is 32.9 Å². The number of halogens is 1. The van der Waals surface area contributed by atoms with Gasteiger partial charge in [-0.15, -0.1) is 0 Å². The lowest BCUT2D eigenvalue weighted by molar-refractivity contribution is 0.416. The van der Waals surface area contributed by atoms with Crippen molar-refractivity contribution in [3.05, 3.63) is 34.4 Å². The Labute approximate surface area is 134 Å². The fourth-order valence-corrected chi connectivity index (χ4v) is 3.03. The van der Waals surface area contributed by atoms with Crippen LogP contribution in [-0.4, -0.2) is 24.1 Å². The van der Waals surface area contributed by atoms with Crippen LogP contribution in [0.2, 0.25) is 0 Å². The van der Waals surface area contributed by atoms with Crippen molar-refractivity contribution in [2.45, 2.75) is 26.2 Å². The van der Waals surface area contributed by atoms with E-state index < -0.39 is 0 Å². The highest BCUT2D eigenvalue weighted by atomic mass is 79.9. The van der Waals surface area contributed by atoms with E-state index in [0.29, 0.717) is 5.82 Å². The molecule has 0 fully saturated rings. The number of methoxy groups -OCH3 is 1. The second kappa shape index (κ2) is 6.02. The SMILES string of the molecule is CNc1nc(-c2ccccc2OC)nc(C(C)(C)C)c1Br. The van der Waals surface area contributed by atoms with Crippen LogP contribution in [0.15, 0.2) is 28.7 Å². The molecule has 1 N–H and O–H groups in total. The van der Waals surface area contributed by atoms with Crippen molar-refractivity contribution < 1.29 is 4.74 Å². The fraction of sp³-hybridized carbons (Fsp3) is 0.375. The van der Waals surface area contributed by atoms with Gasteiger partial charge in [0.25, 0.3) is 0 Å². The fourth-order valence-electron chi connectivity index (χ4n) is 2.06. The average molecular weight is 350 g/mol. The third-order valence-electron chi connectivity index (χ3n) is 3.15. The van der Waals surface area contributed by atoms with E-state index in [0.717, 1.165) is 27.3 Å². The van der Waals surface area contributed by atoms with E-state index in [4.69, 9.17) is 9.72 Å². The zero-order chi connectivity index (χ0) is 15.6. The van der Waals surface area contributed by atoms with Gasteiger partial charge in [0.15, 0.2) is 5.82 Å². The van der Waals surface area contributed by atoms with Crippen molar-refractivity contribution in [3.8, 4) is 17.1 Å². The quantitative estimate of drug-likeness (QED) is 0.899. The van der Waals surface area contributed by atoms with Crippen LogP contribution in [0.4, 0.5) is 5.82 Å². The maximum absolute atomic E-state index is 5.42. The second-order valence-electron chi connectivity index (χ2n) is 5.76. The Hall–Kier alpha value is -1.62. The Balaban J connectivity index is 2.70. The molecule has 112 valence electrons. The summed E-state index contributed by atoms with van der Waals surface area (Å²) in [7, 11) is 3.51. The van der Waals surface area contributed by atoms with Crippen LogP contribution >= 0.6 is 15.9 Å². The molecule has 5 heteroatoms. The summed E-state index contributed by atoms with van der Waals surface area (Å²) in [5, 5.41) is 3.12. The van der Waals surface area contributed by atoms with E-state index in [9.17, 15) is 0 Å². The van der Waals surface area contributed by atoms with Gasteiger partial charge in [-0.05, 0) is 28.1 Å². The minimum Gasteiger partial charge on any atom is -0.496 e. The highest BCUT2D eigenvalue weighted by Crippen LogP contribution is 2.36. The van der Waals surface area contributed by atoms with Crippen LogP contribution in [-0.2, 0) is 5.41 Å². The second-order valence-corrected chi connectivity index (χ2v) is 6.55. The van der Waals surface area contributed by atoms with Gasteiger partial charge in [-0.2, -0.15) is 0 Å². The molecule has 0 spiro atoms. The van der Waals surface area contributed by atoms with Crippen molar-refractivity contribution in [2.75, 3.05) is 19.5 Å². The summed E-state index contributed by atoms with van der Waals surface area (Å²) in [5.41, 5.74) is 1.75. The number of ether oxygens (including phenoxy) is 1. The molecule has 0 bridgehead atoms. The smallest absolute Gasteiger partial charge is 0.165 e. The van der Waals surface area contributed by atoms with Gasteiger partial charge in [-0.3, -0.25) is 0 Å². The Morgan fingerprint density at radius 3 is 2.38 bits per heavy atom. The molecule has 0 atom stereocenters. The summed E-state index contributed by atoms with van der Waals surface area (Å²) >= 11 is 3.60. The molecule has 1 heterocycles. The molecule has 21 heavy (non-hydrogen) atoms. The number of nitrogens with zero attached hydrogens (tertiary/aromatic N) is 2. The highest BCUT2D eigenvalue weighted by molar-refractivity contribution is 9.10. The van der Waals surface area contributed by atoms with E-state index in [1.165, 1.54) is 0 Å². The topological polar surface area (TPSA) is 47.0 Å². The van der Waals surface area contributed by atoms with Crippen molar-refractivity contribution >= 4 is 21.7 Å². The molecular weight excluding hydrogens is 330 g/mol.